The lowest BCUT2D eigenvalue weighted by molar-refractivity contribution is 0.0969. The molecule has 0 atom stereocenters. The molecular formula is C23H13Cl4N5O2S3. The summed E-state index contributed by atoms with van der Waals surface area (Å²) < 4.78 is 0.803. The summed E-state index contributed by atoms with van der Waals surface area (Å²) in [5.41, 5.74) is 1.79. The summed E-state index contributed by atoms with van der Waals surface area (Å²) in [6.45, 7) is 0. The summed E-state index contributed by atoms with van der Waals surface area (Å²) in [6.07, 6.45) is 0. The van der Waals surface area contributed by atoms with Crippen LogP contribution < -0.4 is 21.3 Å². The molecule has 0 aliphatic rings. The Morgan fingerprint density at radius 1 is 0.730 bits per heavy atom. The van der Waals surface area contributed by atoms with Gasteiger partial charge in [-0.25, -0.2) is 4.98 Å². The number of fused-ring (bicyclic) bond motifs is 1. The Hall–Kier alpha value is -2.57. The lowest BCUT2D eigenvalue weighted by atomic mass is 10.2. The molecule has 4 aromatic rings. The van der Waals surface area contributed by atoms with E-state index in [0.717, 1.165) is 4.70 Å². The highest BCUT2D eigenvalue weighted by Crippen LogP contribution is 2.29. The van der Waals surface area contributed by atoms with Gasteiger partial charge in [0.15, 0.2) is 15.4 Å². The molecule has 0 aliphatic carbocycles. The van der Waals surface area contributed by atoms with Crippen molar-refractivity contribution in [1.29, 1.82) is 0 Å². The van der Waals surface area contributed by atoms with E-state index in [0.29, 0.717) is 26.4 Å². The van der Waals surface area contributed by atoms with Crippen LogP contribution in [0.4, 0.5) is 10.8 Å². The molecule has 7 nitrogen and oxygen atoms in total. The SMILES string of the molecule is O=C(NC(=S)Nc1ccc2nc(NC(=S)NC(=O)c3ccc(Cl)cc3Cl)sc2c1)c1ccc(Cl)cc1Cl. The maximum Gasteiger partial charge on any atom is 0.258 e. The number of carbonyl (C=O) groups excluding carboxylic acids is 2. The quantitative estimate of drug-likeness (QED) is 0.178. The van der Waals surface area contributed by atoms with Gasteiger partial charge in [0.25, 0.3) is 11.8 Å². The Morgan fingerprint density at radius 3 is 1.81 bits per heavy atom. The van der Waals surface area contributed by atoms with Gasteiger partial charge in [0.1, 0.15) is 0 Å². The number of thiocarbonyl (C=S) groups is 2. The molecule has 37 heavy (non-hydrogen) atoms. The van der Waals surface area contributed by atoms with E-state index in [-0.39, 0.29) is 31.4 Å². The third kappa shape index (κ3) is 7.05. The number of rotatable bonds is 4. The van der Waals surface area contributed by atoms with Crippen molar-refractivity contribution in [3.63, 3.8) is 0 Å². The highest BCUT2D eigenvalue weighted by molar-refractivity contribution is 7.80. The van der Waals surface area contributed by atoms with Gasteiger partial charge in [0.2, 0.25) is 0 Å². The summed E-state index contributed by atoms with van der Waals surface area (Å²) in [5.74, 6) is -0.956. The van der Waals surface area contributed by atoms with Gasteiger partial charge < -0.3 is 10.6 Å². The van der Waals surface area contributed by atoms with Crippen LogP contribution in [0.1, 0.15) is 20.7 Å². The van der Waals surface area contributed by atoms with E-state index >= 15 is 0 Å². The minimum absolute atomic E-state index is 0.0539. The molecule has 0 aliphatic heterocycles. The smallest absolute Gasteiger partial charge is 0.258 e. The Bertz CT molecular complexity index is 1500. The van der Waals surface area contributed by atoms with Crippen LogP contribution in [0, 0.1) is 0 Å². The highest BCUT2D eigenvalue weighted by Gasteiger charge is 2.15. The first-order valence-corrected chi connectivity index (χ1v) is 13.3. The number of halogens is 4. The number of thiazole rings is 1. The second-order valence-electron chi connectivity index (χ2n) is 7.27. The fourth-order valence-corrected chi connectivity index (χ4v) is 5.40. The predicted molar refractivity (Wildman–Crippen MR) is 160 cm³/mol. The van der Waals surface area contributed by atoms with Crippen molar-refractivity contribution in [1.82, 2.24) is 15.6 Å². The fraction of sp³-hybridized carbons (Fsp3) is 0. The van der Waals surface area contributed by atoms with E-state index < -0.39 is 11.8 Å². The van der Waals surface area contributed by atoms with E-state index in [1.165, 1.54) is 35.6 Å². The number of amides is 2. The molecule has 1 heterocycles. The number of nitrogens with zero attached hydrogens (tertiary/aromatic N) is 1. The topological polar surface area (TPSA) is 95.2 Å². The molecule has 0 unspecified atom stereocenters. The lowest BCUT2D eigenvalue weighted by Crippen LogP contribution is -2.34. The summed E-state index contributed by atoms with van der Waals surface area (Å²) in [7, 11) is 0. The Balaban J connectivity index is 1.38. The Kier molecular flexibility index (Phi) is 8.81. The number of hydrogen-bond acceptors (Lipinski definition) is 6. The zero-order valence-corrected chi connectivity index (χ0v) is 23.7. The minimum atomic E-state index is -0.484. The van der Waals surface area contributed by atoms with Gasteiger partial charge in [-0.15, -0.1) is 0 Å². The van der Waals surface area contributed by atoms with E-state index in [2.05, 4.69) is 26.3 Å². The van der Waals surface area contributed by atoms with Crippen molar-refractivity contribution in [2.45, 2.75) is 0 Å². The summed E-state index contributed by atoms with van der Waals surface area (Å²) >= 11 is 35.7. The first-order valence-electron chi connectivity index (χ1n) is 10.1. The largest absolute Gasteiger partial charge is 0.332 e. The van der Waals surface area contributed by atoms with Gasteiger partial charge in [-0.1, -0.05) is 57.7 Å². The third-order valence-electron chi connectivity index (χ3n) is 4.67. The molecule has 0 spiro atoms. The van der Waals surface area contributed by atoms with Gasteiger partial charge >= 0.3 is 0 Å². The van der Waals surface area contributed by atoms with Crippen molar-refractivity contribution in [2.24, 2.45) is 0 Å². The predicted octanol–water partition coefficient (Wildman–Crippen LogP) is 7.16. The number of benzene rings is 3. The monoisotopic (exact) mass is 627 g/mol. The molecule has 0 radical (unpaired) electrons. The first kappa shape index (κ1) is 27.5. The zero-order chi connectivity index (χ0) is 26.7. The molecule has 0 bridgehead atoms. The second-order valence-corrected chi connectivity index (χ2v) is 10.8. The van der Waals surface area contributed by atoms with Crippen LogP contribution in [-0.2, 0) is 0 Å². The second kappa shape index (κ2) is 11.9. The number of hydrogen-bond donors (Lipinski definition) is 4. The van der Waals surface area contributed by atoms with Crippen molar-refractivity contribution >= 4 is 125 Å². The normalized spacial score (nSPS) is 10.6. The number of nitrogens with one attached hydrogen (secondary N) is 4. The van der Waals surface area contributed by atoms with Gasteiger partial charge in [-0.3, -0.25) is 20.2 Å². The van der Waals surface area contributed by atoms with Crippen LogP contribution in [0.25, 0.3) is 10.2 Å². The zero-order valence-electron chi connectivity index (χ0n) is 18.2. The van der Waals surface area contributed by atoms with Crippen molar-refractivity contribution in [3.05, 3.63) is 85.8 Å². The van der Waals surface area contributed by atoms with Crippen LogP contribution in [0.15, 0.2) is 54.6 Å². The summed E-state index contributed by atoms with van der Waals surface area (Å²) in [5, 5.41) is 12.8. The molecular weight excluding hydrogens is 616 g/mol. The summed E-state index contributed by atoms with van der Waals surface area (Å²) in [6, 6.07) is 14.4. The molecule has 14 heteroatoms. The van der Waals surface area contributed by atoms with Crippen molar-refractivity contribution in [2.75, 3.05) is 10.6 Å². The van der Waals surface area contributed by atoms with E-state index in [9.17, 15) is 9.59 Å². The average molecular weight is 629 g/mol. The molecule has 0 saturated carbocycles. The Morgan fingerprint density at radius 2 is 1.27 bits per heavy atom. The van der Waals surface area contributed by atoms with E-state index in [1.54, 1.807) is 30.3 Å². The minimum Gasteiger partial charge on any atom is -0.332 e. The lowest BCUT2D eigenvalue weighted by Gasteiger charge is -2.10. The van der Waals surface area contributed by atoms with E-state index in [1.807, 2.05) is 0 Å². The van der Waals surface area contributed by atoms with Gasteiger partial charge in [0, 0.05) is 15.7 Å². The van der Waals surface area contributed by atoms with Gasteiger partial charge in [-0.05, 0) is 79.0 Å². The molecule has 4 N–H and O–H groups in total. The van der Waals surface area contributed by atoms with Gasteiger partial charge in [0.05, 0.1) is 31.4 Å². The molecule has 2 amide bonds. The van der Waals surface area contributed by atoms with Gasteiger partial charge in [-0.2, -0.15) is 0 Å². The maximum atomic E-state index is 12.5. The molecule has 188 valence electrons. The first-order chi connectivity index (χ1) is 17.6. The van der Waals surface area contributed by atoms with Crippen molar-refractivity contribution < 1.29 is 9.59 Å². The van der Waals surface area contributed by atoms with Crippen LogP contribution in [-0.4, -0.2) is 27.0 Å². The maximum absolute atomic E-state index is 12.5. The molecule has 1 aromatic heterocycles. The standard InChI is InChI=1S/C23H13Cl4N5O2S3/c24-10-1-4-13(15(26)7-10)19(33)30-21(35)28-12-3-6-17-18(9-12)37-23(29-17)32-22(36)31-20(34)14-5-2-11(25)8-16(14)27/h1-9H,(H2,28,30,33,35)(H2,29,31,32,34,36). The number of carbonyl (C=O) groups is 2. The molecule has 4 rings (SSSR count). The van der Waals surface area contributed by atoms with Crippen LogP contribution in [0.5, 0.6) is 0 Å². The average Bonchev–Trinajstić information content (AvgIpc) is 3.19. The highest BCUT2D eigenvalue weighted by atomic mass is 35.5. The van der Waals surface area contributed by atoms with E-state index in [4.69, 9.17) is 70.8 Å². The van der Waals surface area contributed by atoms with Crippen molar-refractivity contribution in [3.8, 4) is 0 Å². The van der Waals surface area contributed by atoms with Crippen LogP contribution in [0.3, 0.4) is 0 Å². The molecule has 0 saturated heterocycles. The summed E-state index contributed by atoms with van der Waals surface area (Å²) in [4.78, 5) is 29.4. The van der Waals surface area contributed by atoms with Crippen LogP contribution in [0.2, 0.25) is 20.1 Å². The fourth-order valence-electron chi connectivity index (χ4n) is 3.03. The number of anilines is 2. The number of aromatic nitrogens is 1. The van der Waals surface area contributed by atoms with Crippen LogP contribution >= 0.6 is 82.2 Å². The third-order valence-corrected chi connectivity index (χ3v) is 7.11. The Labute approximate surface area is 245 Å². The molecule has 0 fully saturated rings. The molecule has 3 aromatic carbocycles.